The van der Waals surface area contributed by atoms with Crippen molar-refractivity contribution in [3.63, 3.8) is 0 Å². The van der Waals surface area contributed by atoms with Crippen LogP contribution in [0.15, 0.2) is 30.3 Å². The van der Waals surface area contributed by atoms with Crippen LogP contribution in [-0.2, 0) is 30.4 Å². The molecule has 0 spiro atoms. The Morgan fingerprint density at radius 3 is 2.25 bits per heavy atom. The van der Waals surface area contributed by atoms with Crippen molar-refractivity contribution in [2.45, 2.75) is 37.4 Å². The van der Waals surface area contributed by atoms with Crippen molar-refractivity contribution < 1.29 is 29.1 Å². The van der Waals surface area contributed by atoms with Gasteiger partial charge in [-0.1, -0.05) is 30.3 Å². The molecule has 1 rings (SSSR count). The molecule has 12 heteroatoms. The average molecular weight is 468 g/mol. The summed E-state index contributed by atoms with van der Waals surface area (Å²) in [4.78, 5) is 59.4. The zero-order chi connectivity index (χ0) is 24.1. The maximum absolute atomic E-state index is 12.4. The van der Waals surface area contributed by atoms with Gasteiger partial charge in [0.2, 0.25) is 23.6 Å². The molecule has 3 atom stereocenters. The summed E-state index contributed by atoms with van der Waals surface area (Å²) >= 11 is 1.50. The minimum Gasteiger partial charge on any atom is -0.480 e. The molecule has 3 unspecified atom stereocenters. The summed E-state index contributed by atoms with van der Waals surface area (Å²) in [5.74, 6) is -3.62. The lowest BCUT2D eigenvalue weighted by Gasteiger charge is -2.20. The molecule has 0 bridgehead atoms. The first-order valence-corrected chi connectivity index (χ1v) is 11.2. The predicted octanol–water partition coefficient (Wildman–Crippen LogP) is -1.64. The van der Waals surface area contributed by atoms with Gasteiger partial charge in [0.15, 0.2) is 0 Å². The van der Waals surface area contributed by atoms with E-state index in [2.05, 4.69) is 16.0 Å². The van der Waals surface area contributed by atoms with E-state index in [1.807, 2.05) is 6.26 Å². The van der Waals surface area contributed by atoms with Crippen LogP contribution in [0, 0.1) is 0 Å². The van der Waals surface area contributed by atoms with Crippen LogP contribution < -0.4 is 27.4 Å². The minimum absolute atomic E-state index is 0.0597. The highest BCUT2D eigenvalue weighted by Crippen LogP contribution is 2.04. The number of carboxylic acid groups (broad SMARTS) is 1. The van der Waals surface area contributed by atoms with E-state index in [0.29, 0.717) is 17.7 Å². The molecule has 0 saturated heterocycles. The first-order chi connectivity index (χ1) is 15.1. The maximum atomic E-state index is 12.4. The molecule has 0 saturated carbocycles. The van der Waals surface area contributed by atoms with Gasteiger partial charge in [0.05, 0.1) is 19.0 Å². The second-order valence-electron chi connectivity index (χ2n) is 6.99. The molecule has 0 aliphatic carbocycles. The highest BCUT2D eigenvalue weighted by molar-refractivity contribution is 7.98. The van der Waals surface area contributed by atoms with Gasteiger partial charge in [-0.05, 0) is 24.0 Å². The number of benzene rings is 1. The molecule has 0 aliphatic heterocycles. The minimum atomic E-state index is -1.31. The lowest BCUT2D eigenvalue weighted by molar-refractivity contribution is -0.141. The highest BCUT2D eigenvalue weighted by Gasteiger charge is 2.26. The van der Waals surface area contributed by atoms with E-state index in [4.69, 9.17) is 11.5 Å². The van der Waals surface area contributed by atoms with Crippen LogP contribution in [0.5, 0.6) is 0 Å². The third-order valence-electron chi connectivity index (χ3n) is 4.35. The number of aliphatic carboxylic acids is 1. The van der Waals surface area contributed by atoms with Gasteiger partial charge in [-0.15, -0.1) is 0 Å². The molecule has 0 heterocycles. The van der Waals surface area contributed by atoms with Crippen LogP contribution in [0.3, 0.4) is 0 Å². The number of thioether (sulfide) groups is 1. The Hall–Kier alpha value is -3.12. The number of carbonyl (C=O) groups excluding carboxylic acids is 4. The van der Waals surface area contributed by atoms with Gasteiger partial charge in [0, 0.05) is 6.42 Å². The molecule has 8 N–H and O–H groups in total. The molecular weight excluding hydrogens is 438 g/mol. The van der Waals surface area contributed by atoms with Crippen LogP contribution in [0.25, 0.3) is 0 Å². The van der Waals surface area contributed by atoms with Crippen LogP contribution >= 0.6 is 11.8 Å². The Morgan fingerprint density at radius 2 is 1.69 bits per heavy atom. The number of carboxylic acids is 1. The van der Waals surface area contributed by atoms with Crippen molar-refractivity contribution in [1.29, 1.82) is 0 Å². The Balaban J connectivity index is 2.65. The van der Waals surface area contributed by atoms with Gasteiger partial charge < -0.3 is 32.5 Å². The quantitative estimate of drug-likeness (QED) is 0.187. The molecule has 0 fully saturated rings. The second kappa shape index (κ2) is 14.0. The smallest absolute Gasteiger partial charge is 0.326 e. The number of rotatable bonds is 14. The van der Waals surface area contributed by atoms with E-state index in [1.165, 1.54) is 11.8 Å². The SMILES string of the molecule is CSCCC(N)C(=O)NC(CC(N)=O)C(=O)NCC(=O)NC(Cc1ccccc1)C(=O)O. The molecule has 32 heavy (non-hydrogen) atoms. The number of nitrogens with two attached hydrogens (primary N) is 2. The summed E-state index contributed by atoms with van der Waals surface area (Å²) in [5, 5.41) is 16.3. The third kappa shape index (κ3) is 10.3. The molecule has 11 nitrogen and oxygen atoms in total. The zero-order valence-corrected chi connectivity index (χ0v) is 18.5. The van der Waals surface area contributed by atoms with Gasteiger partial charge in [-0.25, -0.2) is 4.79 Å². The van der Waals surface area contributed by atoms with Gasteiger partial charge in [-0.2, -0.15) is 11.8 Å². The van der Waals surface area contributed by atoms with Gasteiger partial charge >= 0.3 is 5.97 Å². The van der Waals surface area contributed by atoms with E-state index < -0.39 is 60.7 Å². The molecule has 1 aromatic carbocycles. The van der Waals surface area contributed by atoms with Crippen molar-refractivity contribution in [2.75, 3.05) is 18.6 Å². The number of amides is 4. The first kappa shape index (κ1) is 26.9. The van der Waals surface area contributed by atoms with Gasteiger partial charge in [-0.3, -0.25) is 19.2 Å². The van der Waals surface area contributed by atoms with E-state index in [-0.39, 0.29) is 6.42 Å². The first-order valence-electron chi connectivity index (χ1n) is 9.81. The van der Waals surface area contributed by atoms with Crippen LogP contribution in [0.2, 0.25) is 0 Å². The van der Waals surface area contributed by atoms with E-state index in [0.717, 1.165) is 0 Å². The molecule has 0 aromatic heterocycles. The second-order valence-corrected chi connectivity index (χ2v) is 7.97. The summed E-state index contributed by atoms with van der Waals surface area (Å²) in [6, 6.07) is 5.35. The largest absolute Gasteiger partial charge is 0.480 e. The lowest BCUT2D eigenvalue weighted by atomic mass is 10.1. The van der Waals surface area contributed by atoms with Gasteiger partial charge in [0.25, 0.3) is 0 Å². The summed E-state index contributed by atoms with van der Waals surface area (Å²) in [6.45, 7) is -0.555. The van der Waals surface area contributed by atoms with Crippen molar-refractivity contribution >= 4 is 41.4 Å². The van der Waals surface area contributed by atoms with Gasteiger partial charge in [0.1, 0.15) is 12.1 Å². The number of carbonyl (C=O) groups is 5. The Labute approximate surface area is 190 Å². The van der Waals surface area contributed by atoms with E-state index >= 15 is 0 Å². The van der Waals surface area contributed by atoms with E-state index in [1.54, 1.807) is 30.3 Å². The monoisotopic (exact) mass is 467 g/mol. The van der Waals surface area contributed by atoms with Crippen molar-refractivity contribution in [3.8, 4) is 0 Å². The molecule has 1 aromatic rings. The molecule has 176 valence electrons. The van der Waals surface area contributed by atoms with Crippen LogP contribution in [-0.4, -0.2) is 71.4 Å². The topological polar surface area (TPSA) is 194 Å². The fourth-order valence-electron chi connectivity index (χ4n) is 2.65. The van der Waals surface area contributed by atoms with E-state index in [9.17, 15) is 29.1 Å². The molecule has 0 radical (unpaired) electrons. The lowest BCUT2D eigenvalue weighted by Crippen LogP contribution is -2.54. The molecule has 0 aliphatic rings. The van der Waals surface area contributed by atoms with Crippen molar-refractivity contribution in [1.82, 2.24) is 16.0 Å². The van der Waals surface area contributed by atoms with Crippen molar-refractivity contribution in [2.24, 2.45) is 11.5 Å². The van der Waals surface area contributed by atoms with Crippen LogP contribution in [0.1, 0.15) is 18.4 Å². The highest BCUT2D eigenvalue weighted by atomic mass is 32.2. The maximum Gasteiger partial charge on any atom is 0.326 e. The summed E-state index contributed by atoms with van der Waals surface area (Å²) < 4.78 is 0. The van der Waals surface area contributed by atoms with Crippen molar-refractivity contribution in [3.05, 3.63) is 35.9 Å². The normalized spacial score (nSPS) is 13.3. The fourth-order valence-corrected chi connectivity index (χ4v) is 3.14. The summed E-state index contributed by atoms with van der Waals surface area (Å²) in [6.07, 6.45) is 1.80. The third-order valence-corrected chi connectivity index (χ3v) is 4.99. The van der Waals surface area contributed by atoms with Crippen LogP contribution in [0.4, 0.5) is 0 Å². The number of hydrogen-bond acceptors (Lipinski definition) is 7. The fraction of sp³-hybridized carbons (Fsp3) is 0.450. The zero-order valence-electron chi connectivity index (χ0n) is 17.7. The number of nitrogens with one attached hydrogen (secondary N) is 3. The summed E-state index contributed by atoms with van der Waals surface area (Å²) in [5.41, 5.74) is 11.6. The summed E-state index contributed by atoms with van der Waals surface area (Å²) in [7, 11) is 0. The standard InChI is InChI=1S/C20H29N5O6S/c1-32-8-7-13(21)18(28)25-14(10-16(22)26)19(29)23-11-17(27)24-15(20(30)31)9-12-5-3-2-4-6-12/h2-6,13-15H,7-11,21H2,1H3,(H2,22,26)(H,23,29)(H,24,27)(H,25,28)(H,30,31). The Kier molecular flexibility index (Phi) is 11.8. The number of primary amides is 1. The predicted molar refractivity (Wildman–Crippen MR) is 119 cm³/mol. The average Bonchev–Trinajstić information content (AvgIpc) is 2.75. The Bertz CT molecular complexity index is 807. The number of hydrogen-bond donors (Lipinski definition) is 6. The molecule has 4 amide bonds. The molecular formula is C20H29N5O6S. The Morgan fingerprint density at radius 1 is 1.03 bits per heavy atom.